The number of amides is 3. The first-order valence-electron chi connectivity index (χ1n) is 6.16. The molecule has 0 saturated carbocycles. The molecule has 0 fully saturated rings. The number of carbonyl (C=O) groups is 2. The maximum atomic E-state index is 12.4. The normalized spacial score (nSPS) is 18.4. The van der Waals surface area contributed by atoms with Gasteiger partial charge >= 0.3 is 6.03 Å². The summed E-state index contributed by atoms with van der Waals surface area (Å²) < 4.78 is 0.851. The Labute approximate surface area is 126 Å². The van der Waals surface area contributed by atoms with Crippen molar-refractivity contribution >= 4 is 27.9 Å². The molecule has 0 radical (unpaired) electrons. The number of urea groups is 1. The van der Waals surface area contributed by atoms with Gasteiger partial charge in [-0.1, -0.05) is 34.1 Å². The lowest BCUT2D eigenvalue weighted by atomic mass is 9.94. The summed E-state index contributed by atoms with van der Waals surface area (Å²) in [7, 11) is 3.38. The average molecular weight is 338 g/mol. The fourth-order valence-corrected chi connectivity index (χ4v) is 2.67. The molecule has 1 aliphatic rings. The van der Waals surface area contributed by atoms with E-state index >= 15 is 0 Å². The minimum Gasteiger partial charge on any atom is -0.345 e. The number of hydrogen-bond donors (Lipinski definition) is 2. The molecule has 0 saturated heterocycles. The molecule has 1 aliphatic heterocycles. The van der Waals surface area contributed by atoms with Gasteiger partial charge in [-0.15, -0.1) is 0 Å². The highest BCUT2D eigenvalue weighted by molar-refractivity contribution is 9.10. The van der Waals surface area contributed by atoms with Crippen molar-refractivity contribution in [3.05, 3.63) is 45.6 Å². The molecular weight excluding hydrogens is 322 g/mol. The zero-order valence-corrected chi connectivity index (χ0v) is 13.1. The fraction of sp³-hybridized carbons (Fsp3) is 0.286. The largest absolute Gasteiger partial charge is 0.345 e. The second kappa shape index (κ2) is 5.66. The Morgan fingerprint density at radius 2 is 1.95 bits per heavy atom. The highest BCUT2D eigenvalue weighted by Gasteiger charge is 2.32. The molecule has 1 atom stereocenters. The van der Waals surface area contributed by atoms with Gasteiger partial charge < -0.3 is 15.5 Å². The van der Waals surface area contributed by atoms with Crippen LogP contribution in [0, 0.1) is 0 Å². The molecule has 6 heteroatoms. The van der Waals surface area contributed by atoms with Crippen molar-refractivity contribution in [2.75, 3.05) is 14.1 Å². The van der Waals surface area contributed by atoms with Gasteiger partial charge in [-0.3, -0.25) is 4.79 Å². The van der Waals surface area contributed by atoms with Crippen LogP contribution in [0.2, 0.25) is 0 Å². The molecule has 2 rings (SSSR count). The van der Waals surface area contributed by atoms with Crippen LogP contribution in [-0.2, 0) is 4.79 Å². The number of rotatable bonds is 2. The lowest BCUT2D eigenvalue weighted by Crippen LogP contribution is -2.46. The topological polar surface area (TPSA) is 61.4 Å². The summed E-state index contributed by atoms with van der Waals surface area (Å²) in [4.78, 5) is 25.6. The second-order valence-corrected chi connectivity index (χ2v) is 5.65. The van der Waals surface area contributed by atoms with E-state index in [-0.39, 0.29) is 11.9 Å². The number of allylic oxidation sites excluding steroid dienone is 1. The SMILES string of the molecule is CC1=C(C(=O)N(C)C)C(c2ccccc2Br)NC(=O)N1. The van der Waals surface area contributed by atoms with Crippen molar-refractivity contribution in [2.45, 2.75) is 13.0 Å². The maximum Gasteiger partial charge on any atom is 0.319 e. The molecule has 1 heterocycles. The molecule has 5 nitrogen and oxygen atoms in total. The van der Waals surface area contributed by atoms with Gasteiger partial charge in [0.05, 0.1) is 11.6 Å². The summed E-state index contributed by atoms with van der Waals surface area (Å²) in [6.07, 6.45) is 0. The van der Waals surface area contributed by atoms with E-state index in [1.54, 1.807) is 21.0 Å². The monoisotopic (exact) mass is 337 g/mol. The summed E-state index contributed by atoms with van der Waals surface area (Å²) in [5.41, 5.74) is 1.97. The number of halogens is 1. The number of nitrogens with zero attached hydrogens (tertiary/aromatic N) is 1. The molecule has 0 aromatic heterocycles. The minimum absolute atomic E-state index is 0.129. The summed E-state index contributed by atoms with van der Waals surface area (Å²) in [5.74, 6) is -0.129. The van der Waals surface area contributed by atoms with E-state index in [9.17, 15) is 9.59 Å². The van der Waals surface area contributed by atoms with Crippen LogP contribution in [-0.4, -0.2) is 30.9 Å². The Hall–Kier alpha value is -1.82. The summed E-state index contributed by atoms with van der Waals surface area (Å²) in [6.45, 7) is 1.74. The van der Waals surface area contributed by atoms with Gasteiger partial charge in [0.15, 0.2) is 0 Å². The number of likely N-dealkylation sites (N-methyl/N-ethyl adjacent to an activating group) is 1. The lowest BCUT2D eigenvalue weighted by molar-refractivity contribution is -0.125. The second-order valence-electron chi connectivity index (χ2n) is 4.79. The zero-order chi connectivity index (χ0) is 14.9. The molecule has 1 aromatic carbocycles. The summed E-state index contributed by atoms with van der Waals surface area (Å²) >= 11 is 3.47. The van der Waals surface area contributed by atoms with Crippen molar-refractivity contribution in [3.8, 4) is 0 Å². The quantitative estimate of drug-likeness (QED) is 0.868. The molecule has 3 amide bonds. The van der Waals surface area contributed by atoms with Gasteiger partial charge in [-0.25, -0.2) is 4.79 Å². The first-order chi connectivity index (χ1) is 9.41. The Balaban J connectivity index is 2.54. The molecule has 0 aliphatic carbocycles. The molecular formula is C14H16BrN3O2. The number of nitrogens with one attached hydrogen (secondary N) is 2. The van der Waals surface area contributed by atoms with Crippen LogP contribution in [0.3, 0.4) is 0 Å². The third-order valence-corrected chi connectivity index (χ3v) is 3.84. The summed E-state index contributed by atoms with van der Waals surface area (Å²) in [6, 6.07) is 6.77. The standard InChI is InChI=1S/C14H16BrN3O2/c1-8-11(13(19)18(2)3)12(17-14(20)16-8)9-6-4-5-7-10(9)15/h4-7,12H,1-3H3,(H2,16,17,20). The van der Waals surface area contributed by atoms with Crippen molar-refractivity contribution in [1.82, 2.24) is 15.5 Å². The number of carbonyl (C=O) groups excluding carboxylic acids is 2. The Kier molecular flexibility index (Phi) is 4.13. The third kappa shape index (κ3) is 2.70. The van der Waals surface area contributed by atoms with E-state index in [0.29, 0.717) is 11.3 Å². The minimum atomic E-state index is -0.464. The van der Waals surface area contributed by atoms with Crippen molar-refractivity contribution in [2.24, 2.45) is 0 Å². The molecule has 1 unspecified atom stereocenters. The van der Waals surface area contributed by atoms with Gasteiger partial charge in [0.2, 0.25) is 0 Å². The van der Waals surface area contributed by atoms with Crippen molar-refractivity contribution in [3.63, 3.8) is 0 Å². The van der Waals surface area contributed by atoms with Crippen LogP contribution in [0.1, 0.15) is 18.5 Å². The Morgan fingerprint density at radius 3 is 2.55 bits per heavy atom. The van der Waals surface area contributed by atoms with Crippen LogP contribution in [0.5, 0.6) is 0 Å². The highest BCUT2D eigenvalue weighted by atomic mass is 79.9. The fourth-order valence-electron chi connectivity index (χ4n) is 2.16. The summed E-state index contributed by atoms with van der Waals surface area (Å²) in [5, 5.41) is 5.46. The van der Waals surface area contributed by atoms with E-state index in [1.165, 1.54) is 4.90 Å². The van der Waals surface area contributed by atoms with Crippen LogP contribution >= 0.6 is 15.9 Å². The van der Waals surface area contributed by atoms with Crippen LogP contribution in [0.4, 0.5) is 4.79 Å². The van der Waals surface area contributed by atoms with Crippen LogP contribution < -0.4 is 10.6 Å². The van der Waals surface area contributed by atoms with Gasteiger partial charge in [-0.05, 0) is 18.6 Å². The predicted molar refractivity (Wildman–Crippen MR) is 79.9 cm³/mol. The van der Waals surface area contributed by atoms with Crippen LogP contribution in [0.25, 0.3) is 0 Å². The molecule has 106 valence electrons. The van der Waals surface area contributed by atoms with E-state index in [1.807, 2.05) is 24.3 Å². The average Bonchev–Trinajstić information content (AvgIpc) is 2.37. The van der Waals surface area contributed by atoms with Gasteiger partial charge in [0.25, 0.3) is 5.91 Å². The van der Waals surface area contributed by atoms with Crippen molar-refractivity contribution in [1.29, 1.82) is 0 Å². The van der Waals surface area contributed by atoms with Crippen molar-refractivity contribution < 1.29 is 9.59 Å². The van der Waals surface area contributed by atoms with Gasteiger partial charge in [0.1, 0.15) is 0 Å². The molecule has 0 spiro atoms. The van der Waals surface area contributed by atoms with E-state index in [2.05, 4.69) is 26.6 Å². The van der Waals surface area contributed by atoms with Crippen LogP contribution in [0.15, 0.2) is 40.0 Å². The van der Waals surface area contributed by atoms with Gasteiger partial charge in [-0.2, -0.15) is 0 Å². The Morgan fingerprint density at radius 1 is 1.30 bits per heavy atom. The molecule has 20 heavy (non-hydrogen) atoms. The zero-order valence-electron chi connectivity index (χ0n) is 11.5. The first kappa shape index (κ1) is 14.6. The third-order valence-electron chi connectivity index (χ3n) is 3.12. The van der Waals surface area contributed by atoms with E-state index < -0.39 is 6.04 Å². The Bertz CT molecular complexity index is 596. The molecule has 1 aromatic rings. The highest BCUT2D eigenvalue weighted by Crippen LogP contribution is 2.32. The van der Waals surface area contributed by atoms with E-state index in [4.69, 9.17) is 0 Å². The smallest absolute Gasteiger partial charge is 0.319 e. The lowest BCUT2D eigenvalue weighted by Gasteiger charge is -2.30. The first-order valence-corrected chi connectivity index (χ1v) is 6.95. The predicted octanol–water partition coefficient (Wildman–Crippen LogP) is 2.17. The molecule has 0 bridgehead atoms. The molecule has 2 N–H and O–H groups in total. The number of hydrogen-bond acceptors (Lipinski definition) is 2. The maximum absolute atomic E-state index is 12.4. The van der Waals surface area contributed by atoms with E-state index in [0.717, 1.165) is 10.0 Å². The van der Waals surface area contributed by atoms with Gasteiger partial charge in [0, 0.05) is 24.3 Å². The number of benzene rings is 1.